The van der Waals surface area contributed by atoms with Crippen LogP contribution in [0, 0.1) is 0 Å². The number of Topliss-reactive ketones (excluding diaryl/α,β-unsaturated/α-hetero) is 4. The Morgan fingerprint density at radius 2 is 1.15 bits per heavy atom. The summed E-state index contributed by atoms with van der Waals surface area (Å²) in [6, 6.07) is 4.60. The first kappa shape index (κ1) is 28.1. The highest BCUT2D eigenvalue weighted by molar-refractivity contribution is 6.34. The lowest BCUT2D eigenvalue weighted by molar-refractivity contribution is 0.0907. The van der Waals surface area contributed by atoms with Crippen LogP contribution in [0.15, 0.2) is 34.7 Å². The van der Waals surface area contributed by atoms with Crippen molar-refractivity contribution in [2.45, 2.75) is 51.4 Å². The molecule has 0 atom stereocenters. The summed E-state index contributed by atoms with van der Waals surface area (Å²) in [6.07, 6.45) is 6.22. The predicted molar refractivity (Wildman–Crippen MR) is 167 cm³/mol. The highest BCUT2D eigenvalue weighted by atomic mass is 16.5. The van der Waals surface area contributed by atoms with Crippen LogP contribution in [0.3, 0.4) is 0 Å². The topological polar surface area (TPSA) is 215 Å². The minimum atomic E-state index is -0.215. The Hall–Kier alpha value is -6.18. The quantitative estimate of drug-likeness (QED) is 0.0616. The van der Waals surface area contributed by atoms with Crippen LogP contribution in [-0.2, 0) is 25.7 Å². The maximum absolute atomic E-state index is 12.5. The predicted octanol–water partition coefficient (Wildman–Crippen LogP) is 3.82. The minimum absolute atomic E-state index is 0.0234. The fourth-order valence-electron chi connectivity index (χ4n) is 8.46. The van der Waals surface area contributed by atoms with E-state index in [1.165, 1.54) is 18.3 Å². The second kappa shape index (κ2) is 9.67. The van der Waals surface area contributed by atoms with Crippen molar-refractivity contribution < 1.29 is 40.0 Å². The fraction of sp³-hybridized carbons (Fsp3) is 0.235. The van der Waals surface area contributed by atoms with E-state index in [0.29, 0.717) is 55.1 Å². The van der Waals surface area contributed by atoms with Gasteiger partial charge in [0.1, 0.15) is 5.36 Å². The van der Waals surface area contributed by atoms with Gasteiger partial charge in [-0.05, 0) is 79.0 Å². The maximum atomic E-state index is 12.5. The molecule has 240 valence electrons. The van der Waals surface area contributed by atoms with Crippen LogP contribution in [-0.4, -0.2) is 63.4 Å². The number of ketones is 4. The number of aryl methyl sites for hydroxylation is 2. The number of aromatic amines is 2. The lowest BCUT2D eigenvalue weighted by Gasteiger charge is -2.08. The molecule has 0 fully saturated rings. The van der Waals surface area contributed by atoms with E-state index in [4.69, 9.17) is 5.21 Å². The van der Waals surface area contributed by atoms with E-state index in [1.807, 2.05) is 0 Å². The molecule has 0 spiro atoms. The van der Waals surface area contributed by atoms with Crippen molar-refractivity contribution in [1.82, 2.24) is 19.4 Å². The van der Waals surface area contributed by atoms with Gasteiger partial charge in [0.25, 0.3) is 0 Å². The van der Waals surface area contributed by atoms with Crippen LogP contribution in [0.2, 0.25) is 0 Å². The number of rotatable bonds is 0. The van der Waals surface area contributed by atoms with Crippen LogP contribution >= 0.6 is 0 Å². The molecule has 10 rings (SSSR count). The van der Waals surface area contributed by atoms with E-state index in [-0.39, 0.29) is 46.8 Å². The lowest BCUT2D eigenvalue weighted by atomic mass is 9.94. The maximum Gasteiger partial charge on any atom is 0.208 e. The molecule has 4 heterocycles. The molecule has 2 aromatic carbocycles. The van der Waals surface area contributed by atoms with Crippen molar-refractivity contribution in [3.8, 4) is 0 Å². The molecular formula is C34H26N6O8. The monoisotopic (exact) mass is 646 g/mol. The van der Waals surface area contributed by atoms with Crippen LogP contribution in [0.1, 0.15) is 89.4 Å². The first-order valence-corrected chi connectivity index (χ1v) is 15.6. The lowest BCUT2D eigenvalue weighted by Crippen LogP contribution is -2.18. The second-order valence-electron chi connectivity index (χ2n) is 12.7. The first-order valence-electron chi connectivity index (χ1n) is 15.6. The summed E-state index contributed by atoms with van der Waals surface area (Å²) in [4.78, 5) is 56.1. The molecule has 4 aliphatic carbocycles. The summed E-state index contributed by atoms with van der Waals surface area (Å²) in [5.41, 5.74) is 8.15. The Balaban J connectivity index is 0.000000131. The number of hydrogen-bond acceptors (Lipinski definition) is 10. The number of benzene rings is 2. The van der Waals surface area contributed by atoms with Crippen LogP contribution in [0.5, 0.6) is 0 Å². The fourth-order valence-corrected chi connectivity index (χ4v) is 8.46. The molecule has 0 aliphatic heterocycles. The Labute approximate surface area is 267 Å². The zero-order chi connectivity index (χ0) is 33.2. The van der Waals surface area contributed by atoms with Gasteiger partial charge in [0.05, 0.1) is 29.3 Å². The van der Waals surface area contributed by atoms with Gasteiger partial charge >= 0.3 is 0 Å². The SMILES string of the molecule is O=C1CC(=O)c2c1c1c(c3[nH]c4c(c(=NO)ccn4O)c23)CCC1.O=C1CC(=O)c2c1c1c(c3[nH]c4c(ccc(=NO)n4O)c23)CCC1. The molecule has 0 radical (unpaired) electrons. The highest BCUT2D eigenvalue weighted by Gasteiger charge is 2.38. The molecule has 0 saturated carbocycles. The van der Waals surface area contributed by atoms with Gasteiger partial charge in [-0.25, -0.2) is 0 Å². The number of aromatic nitrogens is 4. The van der Waals surface area contributed by atoms with Gasteiger partial charge in [0.15, 0.2) is 34.4 Å². The third kappa shape index (κ3) is 3.45. The normalized spacial score (nSPS) is 17.2. The number of nitrogens with zero attached hydrogens (tertiary/aromatic N) is 4. The molecule has 0 bridgehead atoms. The summed E-state index contributed by atoms with van der Waals surface area (Å²) < 4.78 is 1.66. The average molecular weight is 647 g/mol. The van der Waals surface area contributed by atoms with Crippen molar-refractivity contribution in [1.29, 1.82) is 0 Å². The summed E-state index contributed by atoms with van der Waals surface area (Å²) in [6.45, 7) is 0. The van der Waals surface area contributed by atoms with E-state index < -0.39 is 0 Å². The molecule has 6 aromatic rings. The highest BCUT2D eigenvalue weighted by Crippen LogP contribution is 2.44. The van der Waals surface area contributed by atoms with Gasteiger partial charge in [-0.3, -0.25) is 19.2 Å². The molecule has 14 heteroatoms. The molecule has 0 unspecified atom stereocenters. The van der Waals surface area contributed by atoms with Crippen molar-refractivity contribution in [3.05, 3.63) is 79.7 Å². The minimum Gasteiger partial charge on any atom is -0.427 e. The number of H-pyrrole nitrogens is 2. The van der Waals surface area contributed by atoms with Crippen LogP contribution in [0.25, 0.3) is 43.9 Å². The molecule has 6 N–H and O–H groups in total. The summed E-state index contributed by atoms with van der Waals surface area (Å²) in [5.74, 6) is -0.633. The van der Waals surface area contributed by atoms with Gasteiger partial charge in [-0.1, -0.05) is 10.3 Å². The Bertz CT molecular complexity index is 2700. The van der Waals surface area contributed by atoms with Gasteiger partial charge < -0.3 is 30.8 Å². The molecule has 0 amide bonds. The van der Waals surface area contributed by atoms with Gasteiger partial charge in [0, 0.05) is 44.6 Å². The van der Waals surface area contributed by atoms with E-state index >= 15 is 0 Å². The number of carbonyl (C=O) groups is 4. The Morgan fingerprint density at radius 3 is 1.75 bits per heavy atom. The van der Waals surface area contributed by atoms with Gasteiger partial charge in [-0.15, -0.1) is 4.73 Å². The number of hydrogen-bond donors (Lipinski definition) is 6. The molecule has 4 aromatic heterocycles. The number of pyridine rings is 2. The smallest absolute Gasteiger partial charge is 0.208 e. The van der Waals surface area contributed by atoms with E-state index in [9.17, 15) is 34.8 Å². The Kier molecular flexibility index (Phi) is 5.66. The Morgan fingerprint density at radius 1 is 0.604 bits per heavy atom. The van der Waals surface area contributed by atoms with Gasteiger partial charge in [-0.2, -0.15) is 4.73 Å². The van der Waals surface area contributed by atoms with Crippen molar-refractivity contribution in [3.63, 3.8) is 0 Å². The number of nitrogens with one attached hydrogen (secondary N) is 2. The summed E-state index contributed by atoms with van der Waals surface area (Å²) >= 11 is 0. The largest absolute Gasteiger partial charge is 0.427 e. The van der Waals surface area contributed by atoms with Crippen molar-refractivity contribution >= 4 is 67.0 Å². The van der Waals surface area contributed by atoms with Gasteiger partial charge in [0.2, 0.25) is 5.49 Å². The van der Waals surface area contributed by atoms with Crippen LogP contribution in [0.4, 0.5) is 0 Å². The van der Waals surface area contributed by atoms with E-state index in [2.05, 4.69) is 20.3 Å². The number of fused-ring (bicyclic) bond motifs is 16. The number of carbonyl (C=O) groups excluding carboxylic acids is 4. The molecule has 0 saturated heterocycles. The summed E-state index contributed by atoms with van der Waals surface area (Å²) in [5, 5.41) is 47.6. The van der Waals surface area contributed by atoms with Crippen molar-refractivity contribution in [2.24, 2.45) is 10.3 Å². The zero-order valence-electron chi connectivity index (χ0n) is 25.2. The third-order valence-electron chi connectivity index (χ3n) is 10.3. The molecule has 14 nitrogen and oxygen atoms in total. The molecule has 4 aliphatic rings. The summed E-state index contributed by atoms with van der Waals surface area (Å²) in [7, 11) is 0. The average Bonchev–Trinajstić information content (AvgIpc) is 3.91. The standard InChI is InChI=1S/2C17H13N3O4/c21-10-6-11(22)14-12(10)7-2-1-3-8(7)16-15(14)13-9(19-23)4-5-20(24)17(13)18-16;21-10-6-11(22)15-13(10)7-2-1-3-8(7)16-14(15)9-4-5-12(19-23)20(24)17(9)18-16/h2*4-5,18,23-24H,1-3,6H2. The van der Waals surface area contributed by atoms with E-state index in [1.54, 1.807) is 6.07 Å². The third-order valence-corrected chi connectivity index (χ3v) is 10.3. The second-order valence-corrected chi connectivity index (χ2v) is 12.7. The van der Waals surface area contributed by atoms with E-state index in [0.717, 1.165) is 81.3 Å². The zero-order valence-corrected chi connectivity index (χ0v) is 25.2. The first-order chi connectivity index (χ1) is 23.2. The van der Waals surface area contributed by atoms with Crippen molar-refractivity contribution in [2.75, 3.05) is 0 Å². The molecular weight excluding hydrogens is 620 g/mol. The molecule has 48 heavy (non-hydrogen) atoms. The van der Waals surface area contributed by atoms with Crippen LogP contribution < -0.4 is 10.8 Å².